The van der Waals surface area contributed by atoms with Gasteiger partial charge < -0.3 is 14.8 Å². The third kappa shape index (κ3) is 3.70. The Morgan fingerprint density at radius 1 is 1.25 bits per heavy atom. The topological polar surface area (TPSA) is 30.5 Å². The average Bonchev–Trinajstić information content (AvgIpc) is 2.44. The van der Waals surface area contributed by atoms with E-state index >= 15 is 0 Å². The summed E-state index contributed by atoms with van der Waals surface area (Å²) >= 11 is 0. The van der Waals surface area contributed by atoms with E-state index in [1.54, 1.807) is 18.2 Å². The maximum absolute atomic E-state index is 13.6. The second-order valence-corrected chi connectivity index (χ2v) is 5.22. The number of benzene rings is 1. The summed E-state index contributed by atoms with van der Waals surface area (Å²) in [6.07, 6.45) is 2.89. The number of rotatable bonds is 8. The molecule has 112 valence electrons. The summed E-state index contributed by atoms with van der Waals surface area (Å²) in [5.41, 5.74) is 0. The monoisotopic (exact) mass is 281 g/mol. The van der Waals surface area contributed by atoms with Crippen molar-refractivity contribution in [2.45, 2.75) is 51.4 Å². The van der Waals surface area contributed by atoms with Gasteiger partial charge in [0.1, 0.15) is 12.2 Å². The molecule has 1 N–H and O–H groups in total. The third-order valence-corrected chi connectivity index (χ3v) is 3.54. The Morgan fingerprint density at radius 2 is 2.05 bits per heavy atom. The van der Waals surface area contributed by atoms with Crippen LogP contribution in [0.4, 0.5) is 4.39 Å². The van der Waals surface area contributed by atoms with Gasteiger partial charge in [0.05, 0.1) is 0 Å². The Morgan fingerprint density at radius 3 is 2.75 bits per heavy atom. The summed E-state index contributed by atoms with van der Waals surface area (Å²) in [6, 6.07) is 6.85. The lowest BCUT2D eigenvalue weighted by Gasteiger charge is -2.44. The highest BCUT2D eigenvalue weighted by molar-refractivity contribution is 5.24. The lowest BCUT2D eigenvalue weighted by molar-refractivity contribution is -0.108. The molecule has 1 aromatic rings. The van der Waals surface area contributed by atoms with Gasteiger partial charge in [0.25, 0.3) is 0 Å². The highest BCUT2D eigenvalue weighted by Gasteiger charge is 2.43. The highest BCUT2D eigenvalue weighted by Crippen LogP contribution is 2.30. The van der Waals surface area contributed by atoms with Gasteiger partial charge in [-0.05, 0) is 31.5 Å². The molecule has 1 aliphatic rings. The van der Waals surface area contributed by atoms with Gasteiger partial charge in [0.15, 0.2) is 11.6 Å². The fraction of sp³-hybridized carbons (Fsp3) is 0.625. The van der Waals surface area contributed by atoms with Gasteiger partial charge in [0, 0.05) is 19.1 Å². The Hall–Kier alpha value is -1.13. The Kier molecular flexibility index (Phi) is 5.80. The molecule has 3 unspecified atom stereocenters. The van der Waals surface area contributed by atoms with Crippen LogP contribution in [0.25, 0.3) is 0 Å². The van der Waals surface area contributed by atoms with Crippen LogP contribution in [0.2, 0.25) is 0 Å². The molecule has 0 spiro atoms. The van der Waals surface area contributed by atoms with Gasteiger partial charge in [-0.15, -0.1) is 0 Å². The second kappa shape index (κ2) is 7.60. The fourth-order valence-corrected chi connectivity index (χ4v) is 2.41. The molecule has 0 radical (unpaired) electrons. The van der Waals surface area contributed by atoms with Crippen molar-refractivity contribution in [3.63, 3.8) is 0 Å². The van der Waals surface area contributed by atoms with E-state index in [9.17, 15) is 4.39 Å². The zero-order valence-corrected chi connectivity index (χ0v) is 12.3. The molecule has 0 heterocycles. The summed E-state index contributed by atoms with van der Waals surface area (Å²) in [5.74, 6) is 0.00301. The molecule has 0 aromatic heterocycles. The predicted molar refractivity (Wildman–Crippen MR) is 77.5 cm³/mol. The van der Waals surface area contributed by atoms with Crippen LogP contribution in [0, 0.1) is 5.82 Å². The van der Waals surface area contributed by atoms with E-state index in [4.69, 9.17) is 9.47 Å². The van der Waals surface area contributed by atoms with E-state index in [-0.39, 0.29) is 18.0 Å². The summed E-state index contributed by atoms with van der Waals surface area (Å²) in [7, 11) is 0. The minimum atomic E-state index is -0.313. The van der Waals surface area contributed by atoms with Crippen molar-refractivity contribution in [1.82, 2.24) is 5.32 Å². The van der Waals surface area contributed by atoms with E-state index in [1.807, 2.05) is 0 Å². The Labute approximate surface area is 120 Å². The molecule has 1 saturated carbocycles. The second-order valence-electron chi connectivity index (χ2n) is 5.22. The summed E-state index contributed by atoms with van der Waals surface area (Å²) in [5, 5.41) is 3.46. The molecule has 0 bridgehead atoms. The molecule has 0 saturated heterocycles. The van der Waals surface area contributed by atoms with Crippen molar-refractivity contribution in [1.29, 1.82) is 0 Å². The normalized spacial score (nSPS) is 25.2. The van der Waals surface area contributed by atoms with E-state index < -0.39 is 0 Å². The molecule has 0 amide bonds. The molecular formula is C16H24FNO2. The first-order valence-electron chi connectivity index (χ1n) is 7.52. The van der Waals surface area contributed by atoms with Crippen LogP contribution in [-0.2, 0) is 4.74 Å². The van der Waals surface area contributed by atoms with Crippen LogP contribution >= 0.6 is 0 Å². The van der Waals surface area contributed by atoms with Crippen LogP contribution in [0.15, 0.2) is 24.3 Å². The number of nitrogens with one attached hydrogen (secondary N) is 1. The quantitative estimate of drug-likeness (QED) is 0.794. The molecule has 3 atom stereocenters. The molecule has 1 aliphatic carbocycles. The zero-order valence-electron chi connectivity index (χ0n) is 12.3. The van der Waals surface area contributed by atoms with E-state index in [0.717, 1.165) is 25.8 Å². The number of ether oxygens (including phenoxy) is 2. The van der Waals surface area contributed by atoms with Crippen molar-refractivity contribution >= 4 is 0 Å². The van der Waals surface area contributed by atoms with E-state index in [0.29, 0.717) is 18.4 Å². The largest absolute Gasteiger partial charge is 0.485 e. The van der Waals surface area contributed by atoms with Gasteiger partial charge in [-0.3, -0.25) is 0 Å². The van der Waals surface area contributed by atoms with Crippen molar-refractivity contribution in [2.75, 3.05) is 13.2 Å². The number of halogens is 1. The van der Waals surface area contributed by atoms with Crippen molar-refractivity contribution in [3.8, 4) is 5.75 Å². The fourth-order valence-electron chi connectivity index (χ4n) is 2.41. The first-order chi connectivity index (χ1) is 9.76. The van der Waals surface area contributed by atoms with Crippen molar-refractivity contribution < 1.29 is 13.9 Å². The molecule has 0 aliphatic heterocycles. The van der Waals surface area contributed by atoms with Gasteiger partial charge in [-0.2, -0.15) is 0 Å². The van der Waals surface area contributed by atoms with Crippen molar-refractivity contribution in [3.05, 3.63) is 30.1 Å². The molecule has 3 nitrogen and oxygen atoms in total. The summed E-state index contributed by atoms with van der Waals surface area (Å²) in [6.45, 7) is 5.91. The molecule has 1 fully saturated rings. The minimum Gasteiger partial charge on any atom is -0.485 e. The van der Waals surface area contributed by atoms with Crippen LogP contribution in [0.5, 0.6) is 5.75 Å². The van der Waals surface area contributed by atoms with Crippen LogP contribution in [-0.4, -0.2) is 31.4 Å². The minimum absolute atomic E-state index is 0.0149. The van der Waals surface area contributed by atoms with E-state index in [1.165, 1.54) is 6.07 Å². The lowest BCUT2D eigenvalue weighted by Crippen LogP contribution is -2.61. The van der Waals surface area contributed by atoms with Crippen LogP contribution in [0.1, 0.15) is 33.1 Å². The average molecular weight is 281 g/mol. The highest BCUT2D eigenvalue weighted by atomic mass is 19.1. The van der Waals surface area contributed by atoms with Crippen LogP contribution < -0.4 is 10.1 Å². The van der Waals surface area contributed by atoms with Gasteiger partial charge in [-0.25, -0.2) is 4.39 Å². The maximum Gasteiger partial charge on any atom is 0.165 e. The number of para-hydroxylation sites is 1. The third-order valence-electron chi connectivity index (χ3n) is 3.54. The smallest absolute Gasteiger partial charge is 0.165 e. The zero-order chi connectivity index (χ0) is 14.4. The molecule has 20 heavy (non-hydrogen) atoms. The SMILES string of the molecule is CCCNC1CC(Oc2ccccc2F)C1OCCC. The van der Waals surface area contributed by atoms with Gasteiger partial charge in [-0.1, -0.05) is 26.0 Å². The van der Waals surface area contributed by atoms with Gasteiger partial charge in [0.2, 0.25) is 0 Å². The Bertz CT molecular complexity index is 413. The maximum atomic E-state index is 13.6. The standard InChI is InChI=1S/C16H24FNO2/c1-3-9-18-13-11-15(16(13)19-10-4-2)20-14-8-6-5-7-12(14)17/h5-8,13,15-16,18H,3-4,9-11H2,1-2H3. The van der Waals surface area contributed by atoms with Gasteiger partial charge >= 0.3 is 0 Å². The Balaban J connectivity index is 1.92. The summed E-state index contributed by atoms with van der Waals surface area (Å²) in [4.78, 5) is 0. The number of hydrogen-bond donors (Lipinski definition) is 1. The molecular weight excluding hydrogens is 257 g/mol. The van der Waals surface area contributed by atoms with Crippen molar-refractivity contribution in [2.24, 2.45) is 0 Å². The van der Waals surface area contributed by atoms with Crippen LogP contribution in [0.3, 0.4) is 0 Å². The molecule has 4 heteroatoms. The first kappa shape index (κ1) is 15.3. The van der Waals surface area contributed by atoms with E-state index in [2.05, 4.69) is 19.2 Å². The first-order valence-corrected chi connectivity index (χ1v) is 7.52. The summed E-state index contributed by atoms with van der Waals surface area (Å²) < 4.78 is 25.2. The predicted octanol–water partition coefficient (Wildman–Crippen LogP) is 3.14. The lowest BCUT2D eigenvalue weighted by atomic mass is 9.85. The molecule has 1 aromatic carbocycles. The molecule has 2 rings (SSSR count). The number of hydrogen-bond acceptors (Lipinski definition) is 3.